The van der Waals surface area contributed by atoms with Gasteiger partial charge in [-0.2, -0.15) is 0 Å². The van der Waals surface area contributed by atoms with Gasteiger partial charge in [0.1, 0.15) is 0 Å². The Kier molecular flexibility index (Phi) is 5.15. The molecular formula is C13H22N4OS. The van der Waals surface area contributed by atoms with E-state index in [1.165, 1.54) is 6.42 Å². The average molecular weight is 282 g/mol. The van der Waals surface area contributed by atoms with Gasteiger partial charge in [-0.05, 0) is 32.4 Å². The van der Waals surface area contributed by atoms with Crippen LogP contribution in [-0.2, 0) is 6.54 Å². The average Bonchev–Trinajstić information content (AvgIpc) is 3.02. The largest absolute Gasteiger partial charge is 0.338 e. The lowest BCUT2D eigenvalue weighted by Crippen LogP contribution is -2.38. The molecule has 0 radical (unpaired) electrons. The van der Waals surface area contributed by atoms with Gasteiger partial charge in [-0.15, -0.1) is 11.3 Å². The summed E-state index contributed by atoms with van der Waals surface area (Å²) < 4.78 is 0. The van der Waals surface area contributed by atoms with Gasteiger partial charge in [0.2, 0.25) is 0 Å². The first kappa shape index (κ1) is 14.3. The van der Waals surface area contributed by atoms with Crippen LogP contribution in [0.2, 0.25) is 0 Å². The SMILES string of the molecule is CCN1CCC(CNC(=O)NCc2csc(C)n2)C1. The highest BCUT2D eigenvalue weighted by Gasteiger charge is 2.21. The Hall–Kier alpha value is -1.14. The summed E-state index contributed by atoms with van der Waals surface area (Å²) >= 11 is 1.60. The normalized spacial score (nSPS) is 19.6. The molecule has 1 aliphatic rings. The van der Waals surface area contributed by atoms with Crippen LogP contribution in [0.1, 0.15) is 24.0 Å². The molecule has 1 fully saturated rings. The van der Waals surface area contributed by atoms with Gasteiger partial charge in [0, 0.05) is 18.5 Å². The van der Waals surface area contributed by atoms with E-state index in [9.17, 15) is 4.79 Å². The lowest BCUT2D eigenvalue weighted by Gasteiger charge is -2.14. The van der Waals surface area contributed by atoms with Crippen molar-refractivity contribution in [1.82, 2.24) is 20.5 Å². The second-order valence-corrected chi connectivity index (χ2v) is 6.03. The maximum Gasteiger partial charge on any atom is 0.315 e. The van der Waals surface area contributed by atoms with Gasteiger partial charge in [-0.1, -0.05) is 6.92 Å². The Bertz CT molecular complexity index is 421. The van der Waals surface area contributed by atoms with Crippen molar-refractivity contribution >= 4 is 17.4 Å². The molecule has 1 aromatic rings. The Morgan fingerprint density at radius 1 is 1.58 bits per heavy atom. The van der Waals surface area contributed by atoms with E-state index < -0.39 is 0 Å². The molecule has 1 saturated heterocycles. The molecule has 2 heterocycles. The Morgan fingerprint density at radius 3 is 3.05 bits per heavy atom. The van der Waals surface area contributed by atoms with Crippen LogP contribution in [0, 0.1) is 12.8 Å². The van der Waals surface area contributed by atoms with E-state index in [1.54, 1.807) is 11.3 Å². The number of nitrogens with one attached hydrogen (secondary N) is 2. The molecule has 2 rings (SSSR count). The molecule has 0 aliphatic carbocycles. The molecular weight excluding hydrogens is 260 g/mol. The molecule has 19 heavy (non-hydrogen) atoms. The number of carbonyl (C=O) groups excluding carboxylic acids is 1. The lowest BCUT2D eigenvalue weighted by atomic mass is 10.1. The van der Waals surface area contributed by atoms with E-state index in [2.05, 4.69) is 27.4 Å². The van der Waals surface area contributed by atoms with E-state index in [0.29, 0.717) is 12.5 Å². The van der Waals surface area contributed by atoms with Gasteiger partial charge in [0.15, 0.2) is 0 Å². The minimum Gasteiger partial charge on any atom is -0.338 e. The fraction of sp³-hybridized carbons (Fsp3) is 0.692. The summed E-state index contributed by atoms with van der Waals surface area (Å²) in [4.78, 5) is 18.4. The van der Waals surface area contributed by atoms with Crippen LogP contribution >= 0.6 is 11.3 Å². The van der Waals surface area contributed by atoms with Crippen molar-refractivity contribution in [1.29, 1.82) is 0 Å². The predicted octanol–water partition coefficient (Wildman–Crippen LogP) is 1.59. The molecule has 2 N–H and O–H groups in total. The minimum absolute atomic E-state index is 0.0967. The van der Waals surface area contributed by atoms with Crippen molar-refractivity contribution in [2.45, 2.75) is 26.8 Å². The first-order chi connectivity index (χ1) is 9.17. The molecule has 0 saturated carbocycles. The van der Waals surface area contributed by atoms with Crippen molar-refractivity contribution < 1.29 is 4.79 Å². The molecule has 6 heteroatoms. The van der Waals surface area contributed by atoms with E-state index in [4.69, 9.17) is 0 Å². The summed E-state index contributed by atoms with van der Waals surface area (Å²) in [6.07, 6.45) is 1.18. The van der Waals surface area contributed by atoms with Gasteiger partial charge in [0.25, 0.3) is 0 Å². The number of aryl methyl sites for hydroxylation is 1. The summed E-state index contributed by atoms with van der Waals surface area (Å²) in [5.41, 5.74) is 0.927. The highest BCUT2D eigenvalue weighted by molar-refractivity contribution is 7.09. The maximum absolute atomic E-state index is 11.7. The number of aromatic nitrogens is 1. The number of amides is 2. The van der Waals surface area contributed by atoms with Crippen LogP contribution in [0.15, 0.2) is 5.38 Å². The molecule has 1 atom stereocenters. The topological polar surface area (TPSA) is 57.3 Å². The number of hydrogen-bond donors (Lipinski definition) is 2. The first-order valence-corrected chi connectivity index (χ1v) is 7.70. The van der Waals surface area contributed by atoms with E-state index in [1.807, 2.05) is 12.3 Å². The number of nitrogens with zero attached hydrogens (tertiary/aromatic N) is 2. The monoisotopic (exact) mass is 282 g/mol. The van der Waals surface area contributed by atoms with Crippen LogP contribution in [0.25, 0.3) is 0 Å². The van der Waals surface area contributed by atoms with Gasteiger partial charge < -0.3 is 15.5 Å². The summed E-state index contributed by atoms with van der Waals surface area (Å²) in [6, 6.07) is -0.0967. The van der Waals surface area contributed by atoms with Crippen molar-refractivity contribution in [3.8, 4) is 0 Å². The zero-order valence-corrected chi connectivity index (χ0v) is 12.4. The molecule has 0 aromatic carbocycles. The van der Waals surface area contributed by atoms with Crippen molar-refractivity contribution in [2.75, 3.05) is 26.2 Å². The highest BCUT2D eigenvalue weighted by Crippen LogP contribution is 2.14. The highest BCUT2D eigenvalue weighted by atomic mass is 32.1. The Morgan fingerprint density at radius 2 is 2.42 bits per heavy atom. The summed E-state index contributed by atoms with van der Waals surface area (Å²) in [5.74, 6) is 0.590. The number of hydrogen-bond acceptors (Lipinski definition) is 4. The fourth-order valence-corrected chi connectivity index (χ4v) is 2.94. The first-order valence-electron chi connectivity index (χ1n) is 6.82. The lowest BCUT2D eigenvalue weighted by molar-refractivity contribution is 0.238. The van der Waals surface area contributed by atoms with Gasteiger partial charge >= 0.3 is 6.03 Å². The Labute approximate surface area is 118 Å². The van der Waals surface area contributed by atoms with Crippen molar-refractivity contribution in [2.24, 2.45) is 5.92 Å². The van der Waals surface area contributed by atoms with E-state index in [0.717, 1.165) is 36.9 Å². The third-order valence-electron chi connectivity index (χ3n) is 3.47. The van der Waals surface area contributed by atoms with Crippen LogP contribution < -0.4 is 10.6 Å². The van der Waals surface area contributed by atoms with Crippen molar-refractivity contribution in [3.63, 3.8) is 0 Å². The molecule has 1 aliphatic heterocycles. The van der Waals surface area contributed by atoms with Crippen LogP contribution in [0.4, 0.5) is 4.79 Å². The minimum atomic E-state index is -0.0967. The number of likely N-dealkylation sites (tertiary alicyclic amines) is 1. The molecule has 0 bridgehead atoms. The predicted molar refractivity (Wildman–Crippen MR) is 77.3 cm³/mol. The zero-order valence-electron chi connectivity index (χ0n) is 11.6. The quantitative estimate of drug-likeness (QED) is 0.862. The Balaban J connectivity index is 1.62. The number of thiazole rings is 1. The van der Waals surface area contributed by atoms with Crippen LogP contribution in [0.5, 0.6) is 0 Å². The summed E-state index contributed by atoms with van der Waals surface area (Å²) in [6.45, 7) is 8.77. The van der Waals surface area contributed by atoms with E-state index >= 15 is 0 Å². The van der Waals surface area contributed by atoms with E-state index in [-0.39, 0.29) is 6.03 Å². The molecule has 1 aromatic heterocycles. The molecule has 106 valence electrons. The summed E-state index contributed by atoms with van der Waals surface area (Å²) in [7, 11) is 0. The summed E-state index contributed by atoms with van der Waals surface area (Å²) in [5, 5.41) is 8.80. The van der Waals surface area contributed by atoms with Crippen LogP contribution in [-0.4, -0.2) is 42.1 Å². The van der Waals surface area contributed by atoms with Crippen LogP contribution in [0.3, 0.4) is 0 Å². The standard InChI is InChI=1S/C13H22N4OS/c1-3-17-5-4-11(8-17)6-14-13(18)15-7-12-9-19-10(2)16-12/h9,11H,3-8H2,1-2H3,(H2,14,15,18). The number of urea groups is 1. The van der Waals surface area contributed by atoms with Crippen molar-refractivity contribution in [3.05, 3.63) is 16.1 Å². The van der Waals surface area contributed by atoms with Gasteiger partial charge in [0.05, 0.1) is 17.2 Å². The van der Waals surface area contributed by atoms with Gasteiger partial charge in [-0.3, -0.25) is 0 Å². The second-order valence-electron chi connectivity index (χ2n) is 4.97. The maximum atomic E-state index is 11.7. The zero-order chi connectivity index (χ0) is 13.7. The molecule has 2 amide bonds. The third-order valence-corrected chi connectivity index (χ3v) is 4.29. The molecule has 1 unspecified atom stereocenters. The second kappa shape index (κ2) is 6.86. The number of rotatable bonds is 5. The molecule has 5 nitrogen and oxygen atoms in total. The fourth-order valence-electron chi connectivity index (χ4n) is 2.33. The van der Waals surface area contributed by atoms with Gasteiger partial charge in [-0.25, -0.2) is 9.78 Å². The molecule has 0 spiro atoms. The smallest absolute Gasteiger partial charge is 0.315 e. The number of carbonyl (C=O) groups is 1. The third kappa shape index (κ3) is 4.47.